The number of carboxylic acids is 1. The summed E-state index contributed by atoms with van der Waals surface area (Å²) in [5, 5.41) is 9.22. The molecule has 1 N–H and O–H groups in total. The van der Waals surface area contributed by atoms with E-state index in [4.69, 9.17) is 9.97 Å². The number of piperazine rings is 1. The highest BCUT2D eigenvalue weighted by Gasteiger charge is 2.24. The number of aromatic carboxylic acids is 1. The molecule has 0 atom stereocenters. The molecule has 0 spiro atoms. The summed E-state index contributed by atoms with van der Waals surface area (Å²) in [6, 6.07) is 25.8. The maximum absolute atomic E-state index is 12.8. The number of rotatable bonds is 5. The molecule has 2 heterocycles. The Morgan fingerprint density at radius 1 is 0.686 bits per heavy atom. The third-order valence-electron chi connectivity index (χ3n) is 6.12. The summed E-state index contributed by atoms with van der Waals surface area (Å²) in [6.45, 7) is 2.53. The summed E-state index contributed by atoms with van der Waals surface area (Å²) in [7, 11) is 0. The molecule has 1 saturated heterocycles. The molecule has 0 aliphatic carbocycles. The van der Waals surface area contributed by atoms with Crippen molar-refractivity contribution >= 4 is 17.7 Å². The van der Waals surface area contributed by atoms with Crippen molar-refractivity contribution in [3.63, 3.8) is 0 Å². The minimum Gasteiger partial charge on any atom is -0.478 e. The maximum Gasteiger partial charge on any atom is 0.335 e. The summed E-state index contributed by atoms with van der Waals surface area (Å²) in [4.78, 5) is 37.8. The average Bonchev–Trinajstić information content (AvgIpc) is 2.93. The fraction of sp³-hybridized carbons (Fsp3) is 0.143. The summed E-state index contributed by atoms with van der Waals surface area (Å²) >= 11 is 0. The zero-order valence-corrected chi connectivity index (χ0v) is 19.0. The van der Waals surface area contributed by atoms with Crippen LogP contribution in [-0.4, -0.2) is 58.0 Å². The van der Waals surface area contributed by atoms with Crippen LogP contribution in [0.3, 0.4) is 0 Å². The van der Waals surface area contributed by atoms with Gasteiger partial charge in [0.15, 0.2) is 0 Å². The number of hydrogen-bond acceptors (Lipinski definition) is 5. The van der Waals surface area contributed by atoms with E-state index in [2.05, 4.69) is 4.90 Å². The predicted octanol–water partition coefficient (Wildman–Crippen LogP) is 4.47. The quantitative estimate of drug-likeness (QED) is 0.469. The van der Waals surface area contributed by atoms with Crippen LogP contribution in [0.5, 0.6) is 0 Å². The highest BCUT2D eigenvalue weighted by molar-refractivity contribution is 5.94. The molecule has 174 valence electrons. The lowest BCUT2D eigenvalue weighted by Gasteiger charge is -2.35. The molecule has 1 aliphatic heterocycles. The number of amides is 1. The fourth-order valence-corrected chi connectivity index (χ4v) is 4.21. The van der Waals surface area contributed by atoms with E-state index in [-0.39, 0.29) is 11.5 Å². The molecule has 1 amide bonds. The topological polar surface area (TPSA) is 86.6 Å². The summed E-state index contributed by atoms with van der Waals surface area (Å²) in [5.41, 5.74) is 4.07. The first-order valence-corrected chi connectivity index (χ1v) is 11.5. The minimum absolute atomic E-state index is 0.0430. The van der Waals surface area contributed by atoms with Crippen LogP contribution in [0.1, 0.15) is 20.7 Å². The van der Waals surface area contributed by atoms with E-state index in [0.717, 1.165) is 22.6 Å². The Labute approximate surface area is 203 Å². The second-order valence-corrected chi connectivity index (χ2v) is 8.32. The predicted molar refractivity (Wildman–Crippen MR) is 134 cm³/mol. The number of aromatic nitrogens is 2. The van der Waals surface area contributed by atoms with Gasteiger partial charge in [-0.25, -0.2) is 9.78 Å². The van der Waals surface area contributed by atoms with Crippen LogP contribution >= 0.6 is 0 Å². The van der Waals surface area contributed by atoms with Crippen LogP contribution in [0.4, 0.5) is 5.82 Å². The summed E-state index contributed by atoms with van der Waals surface area (Å²) in [6.07, 6.45) is 1.75. The zero-order valence-electron chi connectivity index (χ0n) is 19.0. The average molecular weight is 465 g/mol. The lowest BCUT2D eigenvalue weighted by Crippen LogP contribution is -2.49. The van der Waals surface area contributed by atoms with Crippen LogP contribution in [0, 0.1) is 0 Å². The van der Waals surface area contributed by atoms with E-state index in [9.17, 15) is 14.7 Å². The number of nitrogens with zero attached hydrogens (tertiary/aromatic N) is 4. The number of carboxylic acid groups (broad SMARTS) is 1. The van der Waals surface area contributed by atoms with Crippen LogP contribution in [-0.2, 0) is 0 Å². The van der Waals surface area contributed by atoms with Crippen LogP contribution in [0.2, 0.25) is 0 Å². The first-order chi connectivity index (χ1) is 17.1. The normalized spacial score (nSPS) is 13.5. The van der Waals surface area contributed by atoms with Crippen molar-refractivity contribution in [2.75, 3.05) is 31.1 Å². The van der Waals surface area contributed by atoms with Gasteiger partial charge in [0.05, 0.1) is 23.1 Å². The molecule has 7 nitrogen and oxygen atoms in total. The smallest absolute Gasteiger partial charge is 0.335 e. The van der Waals surface area contributed by atoms with Gasteiger partial charge >= 0.3 is 5.97 Å². The van der Waals surface area contributed by atoms with E-state index in [0.29, 0.717) is 37.4 Å². The van der Waals surface area contributed by atoms with E-state index in [1.165, 1.54) is 0 Å². The lowest BCUT2D eigenvalue weighted by atomic mass is 10.0. The summed E-state index contributed by atoms with van der Waals surface area (Å²) in [5.74, 6) is -0.172. The van der Waals surface area contributed by atoms with Crippen LogP contribution < -0.4 is 4.90 Å². The van der Waals surface area contributed by atoms with Crippen molar-refractivity contribution in [2.24, 2.45) is 0 Å². The third-order valence-corrected chi connectivity index (χ3v) is 6.12. The Morgan fingerprint density at radius 2 is 1.29 bits per heavy atom. The monoisotopic (exact) mass is 464 g/mol. The first kappa shape index (κ1) is 22.3. The van der Waals surface area contributed by atoms with Crippen molar-refractivity contribution < 1.29 is 14.7 Å². The van der Waals surface area contributed by atoms with Crippen molar-refractivity contribution in [3.8, 4) is 22.5 Å². The standard InChI is InChI=1S/C28H24N4O3/c33-27(22-9-5-2-6-10-22)32-17-15-31(16-18-32)24-19-29-25(21-11-13-23(14-12-21)28(34)35)26(30-24)20-7-3-1-4-8-20/h1-14,19H,15-18H2,(H,34,35). The highest BCUT2D eigenvalue weighted by atomic mass is 16.4. The second-order valence-electron chi connectivity index (χ2n) is 8.32. The van der Waals surface area contributed by atoms with Gasteiger partial charge in [-0.3, -0.25) is 9.78 Å². The molecule has 0 unspecified atom stereocenters. The number of hydrogen-bond donors (Lipinski definition) is 1. The molecule has 0 saturated carbocycles. The SMILES string of the molecule is O=C(O)c1ccc(-c2ncc(N3CCN(C(=O)c4ccccc4)CC3)nc2-c2ccccc2)cc1. The largest absolute Gasteiger partial charge is 0.478 e. The van der Waals surface area contributed by atoms with Gasteiger partial charge in [-0.15, -0.1) is 0 Å². The fourth-order valence-electron chi connectivity index (χ4n) is 4.21. The molecular formula is C28H24N4O3. The molecule has 5 rings (SSSR count). The van der Waals surface area contributed by atoms with Gasteiger partial charge in [-0.2, -0.15) is 0 Å². The summed E-state index contributed by atoms with van der Waals surface area (Å²) < 4.78 is 0. The Morgan fingerprint density at radius 3 is 1.91 bits per heavy atom. The molecule has 7 heteroatoms. The molecule has 4 aromatic rings. The molecule has 3 aromatic carbocycles. The Bertz CT molecular complexity index is 1330. The van der Waals surface area contributed by atoms with E-state index >= 15 is 0 Å². The third kappa shape index (κ3) is 4.75. The van der Waals surface area contributed by atoms with Gasteiger partial charge in [0.1, 0.15) is 5.82 Å². The van der Waals surface area contributed by atoms with E-state index in [1.54, 1.807) is 30.5 Å². The molecule has 35 heavy (non-hydrogen) atoms. The van der Waals surface area contributed by atoms with Gasteiger partial charge in [-0.05, 0) is 24.3 Å². The Balaban J connectivity index is 1.41. The van der Waals surface area contributed by atoms with Gasteiger partial charge < -0.3 is 14.9 Å². The Hall–Kier alpha value is -4.52. The molecular weight excluding hydrogens is 440 g/mol. The first-order valence-electron chi connectivity index (χ1n) is 11.5. The number of carbonyl (C=O) groups excluding carboxylic acids is 1. The number of benzene rings is 3. The van der Waals surface area contributed by atoms with Crippen molar-refractivity contribution in [1.82, 2.24) is 14.9 Å². The van der Waals surface area contributed by atoms with Gasteiger partial charge in [0, 0.05) is 42.9 Å². The van der Waals surface area contributed by atoms with E-state index < -0.39 is 5.97 Å². The van der Waals surface area contributed by atoms with Crippen molar-refractivity contribution in [1.29, 1.82) is 0 Å². The maximum atomic E-state index is 12.8. The van der Waals surface area contributed by atoms with Crippen molar-refractivity contribution in [2.45, 2.75) is 0 Å². The highest BCUT2D eigenvalue weighted by Crippen LogP contribution is 2.31. The van der Waals surface area contributed by atoms with Crippen molar-refractivity contribution in [3.05, 3.63) is 102 Å². The van der Waals surface area contributed by atoms with Crippen LogP contribution in [0.15, 0.2) is 91.1 Å². The zero-order chi connectivity index (χ0) is 24.2. The van der Waals surface area contributed by atoms with Crippen LogP contribution in [0.25, 0.3) is 22.5 Å². The molecule has 1 aliphatic rings. The molecule has 0 bridgehead atoms. The number of carbonyl (C=O) groups is 2. The molecule has 0 radical (unpaired) electrons. The lowest BCUT2D eigenvalue weighted by molar-refractivity contribution is 0.0695. The van der Waals surface area contributed by atoms with Gasteiger partial charge in [-0.1, -0.05) is 60.7 Å². The molecule has 1 fully saturated rings. The minimum atomic E-state index is -0.967. The van der Waals surface area contributed by atoms with E-state index in [1.807, 2.05) is 65.6 Å². The Kier molecular flexibility index (Phi) is 6.22. The molecule has 1 aromatic heterocycles. The second kappa shape index (κ2) is 9.77. The van der Waals surface area contributed by atoms with Gasteiger partial charge in [0.2, 0.25) is 0 Å². The number of anilines is 1. The van der Waals surface area contributed by atoms with Gasteiger partial charge in [0.25, 0.3) is 5.91 Å².